The first-order valence-electron chi connectivity index (χ1n) is 8.06. The molecule has 0 radical (unpaired) electrons. The number of anilines is 2. The number of nitrogens with one attached hydrogen (secondary N) is 1. The van der Waals surface area contributed by atoms with Crippen LogP contribution in [0.15, 0.2) is 28.5 Å². The number of carbonyl (C=O) groups is 1. The Labute approximate surface area is 162 Å². The number of methoxy groups -OCH3 is 1. The average molecular weight is 415 g/mol. The van der Waals surface area contributed by atoms with E-state index in [0.717, 1.165) is 11.3 Å². The lowest BCUT2D eigenvalue weighted by atomic mass is 10.3. The van der Waals surface area contributed by atoms with Crippen molar-refractivity contribution in [2.24, 2.45) is 5.14 Å². The van der Waals surface area contributed by atoms with Gasteiger partial charge in [-0.2, -0.15) is 0 Å². The minimum Gasteiger partial charge on any atom is -0.494 e. The molecule has 0 saturated carbocycles. The van der Waals surface area contributed by atoms with Gasteiger partial charge in [-0.1, -0.05) is 11.3 Å². The summed E-state index contributed by atoms with van der Waals surface area (Å²) in [4.78, 5) is 18.2. The van der Waals surface area contributed by atoms with Crippen molar-refractivity contribution >= 4 is 38.2 Å². The number of thiazole rings is 1. The molecule has 0 aliphatic carbocycles. The van der Waals surface area contributed by atoms with E-state index >= 15 is 0 Å². The van der Waals surface area contributed by atoms with Gasteiger partial charge in [0, 0.05) is 12.8 Å². The van der Waals surface area contributed by atoms with E-state index in [2.05, 4.69) is 10.3 Å². The van der Waals surface area contributed by atoms with Gasteiger partial charge in [0.15, 0.2) is 9.34 Å². The number of nitrogens with zero attached hydrogens (tertiary/aromatic N) is 2. The number of ether oxygens (including phenoxy) is 2. The number of benzene rings is 1. The van der Waals surface area contributed by atoms with Crippen LogP contribution in [0.2, 0.25) is 0 Å². The standard InChI is InChI=1S/C16H22N4O5S2/c1-4-25-13-7-5-12(6-8-13)19-15(21)20(9-10-24-3)16-18-11(2)14(26-16)27(17,22)23/h5-8H,4,9-10H2,1-3H3,(H,19,21)(H2,17,22,23). The van der Waals surface area contributed by atoms with Crippen LogP contribution in [-0.4, -0.2) is 46.3 Å². The van der Waals surface area contributed by atoms with Crippen molar-refractivity contribution < 1.29 is 22.7 Å². The number of sulfonamides is 1. The van der Waals surface area contributed by atoms with Crippen LogP contribution >= 0.6 is 11.3 Å². The molecule has 1 heterocycles. The maximum absolute atomic E-state index is 12.7. The number of rotatable bonds is 8. The van der Waals surface area contributed by atoms with E-state index in [4.69, 9.17) is 14.6 Å². The van der Waals surface area contributed by atoms with Crippen molar-refractivity contribution in [3.05, 3.63) is 30.0 Å². The summed E-state index contributed by atoms with van der Waals surface area (Å²) >= 11 is 0.838. The fourth-order valence-corrected chi connectivity index (χ4v) is 4.18. The molecule has 2 aromatic rings. The van der Waals surface area contributed by atoms with Crippen LogP contribution < -0.4 is 20.1 Å². The van der Waals surface area contributed by atoms with Crippen molar-refractivity contribution in [3.63, 3.8) is 0 Å². The quantitative estimate of drug-likeness (QED) is 0.682. The third-order valence-corrected chi connectivity index (χ3v) is 6.15. The van der Waals surface area contributed by atoms with Gasteiger partial charge in [-0.3, -0.25) is 4.90 Å². The second kappa shape index (κ2) is 9.13. The maximum Gasteiger partial charge on any atom is 0.328 e. The Hall–Kier alpha value is -2.21. The summed E-state index contributed by atoms with van der Waals surface area (Å²) in [5.41, 5.74) is 0.805. The highest BCUT2D eigenvalue weighted by atomic mass is 32.2. The minimum absolute atomic E-state index is 0.0752. The molecule has 0 aliphatic heterocycles. The van der Waals surface area contributed by atoms with Gasteiger partial charge in [-0.05, 0) is 38.1 Å². The topological polar surface area (TPSA) is 124 Å². The summed E-state index contributed by atoms with van der Waals surface area (Å²) in [6.45, 7) is 4.40. The molecule has 0 spiro atoms. The summed E-state index contributed by atoms with van der Waals surface area (Å²) in [6, 6.07) is 6.43. The molecule has 1 aromatic carbocycles. The zero-order valence-corrected chi connectivity index (χ0v) is 16.9. The number of hydrogen-bond donors (Lipinski definition) is 2. The molecule has 0 atom stereocenters. The first-order valence-corrected chi connectivity index (χ1v) is 10.4. The molecule has 148 valence electrons. The second-order valence-electron chi connectivity index (χ2n) is 5.45. The lowest BCUT2D eigenvalue weighted by Gasteiger charge is -2.20. The lowest BCUT2D eigenvalue weighted by molar-refractivity contribution is 0.204. The van der Waals surface area contributed by atoms with Gasteiger partial charge in [0.05, 0.1) is 25.5 Å². The summed E-state index contributed by atoms with van der Waals surface area (Å²) < 4.78 is 33.6. The van der Waals surface area contributed by atoms with Crippen LogP contribution in [0.1, 0.15) is 12.6 Å². The van der Waals surface area contributed by atoms with Gasteiger partial charge in [0.1, 0.15) is 5.75 Å². The van der Waals surface area contributed by atoms with Crippen LogP contribution in [0, 0.1) is 6.92 Å². The molecule has 0 aliphatic rings. The average Bonchev–Trinajstić information content (AvgIpc) is 2.99. The van der Waals surface area contributed by atoms with Gasteiger partial charge in [-0.25, -0.2) is 23.3 Å². The number of aromatic nitrogens is 1. The van der Waals surface area contributed by atoms with Gasteiger partial charge in [-0.15, -0.1) is 0 Å². The predicted molar refractivity (Wildman–Crippen MR) is 104 cm³/mol. The van der Waals surface area contributed by atoms with Crippen LogP contribution in [0.25, 0.3) is 0 Å². The number of aryl methyl sites for hydroxylation is 1. The first-order chi connectivity index (χ1) is 12.8. The van der Waals surface area contributed by atoms with Gasteiger partial charge in [0.25, 0.3) is 0 Å². The molecule has 27 heavy (non-hydrogen) atoms. The number of amides is 2. The van der Waals surface area contributed by atoms with Crippen LogP contribution in [0.4, 0.5) is 15.6 Å². The van der Waals surface area contributed by atoms with Crippen molar-refractivity contribution in [2.75, 3.05) is 37.1 Å². The Bertz CT molecular complexity index is 881. The fourth-order valence-electron chi connectivity index (χ4n) is 2.21. The van der Waals surface area contributed by atoms with Crippen molar-refractivity contribution in [1.29, 1.82) is 0 Å². The molecule has 0 fully saturated rings. The normalized spacial score (nSPS) is 11.3. The second-order valence-corrected chi connectivity index (χ2v) is 8.18. The van der Waals surface area contributed by atoms with Crippen molar-refractivity contribution in [2.45, 2.75) is 18.1 Å². The number of primary sulfonamides is 1. The van der Waals surface area contributed by atoms with Crippen molar-refractivity contribution in [1.82, 2.24) is 4.98 Å². The van der Waals surface area contributed by atoms with Gasteiger partial charge in [0.2, 0.25) is 10.0 Å². The van der Waals surface area contributed by atoms with E-state index in [9.17, 15) is 13.2 Å². The maximum atomic E-state index is 12.7. The molecule has 0 bridgehead atoms. The predicted octanol–water partition coefficient (Wildman–Crippen LogP) is 2.18. The van der Waals surface area contributed by atoms with E-state index in [-0.39, 0.29) is 28.2 Å². The fraction of sp³-hybridized carbons (Fsp3) is 0.375. The Morgan fingerprint density at radius 3 is 2.52 bits per heavy atom. The molecule has 3 N–H and O–H groups in total. The number of carbonyl (C=O) groups excluding carboxylic acids is 1. The smallest absolute Gasteiger partial charge is 0.328 e. The molecule has 0 unspecified atom stereocenters. The lowest BCUT2D eigenvalue weighted by Crippen LogP contribution is -2.37. The zero-order chi connectivity index (χ0) is 20.0. The monoisotopic (exact) mass is 414 g/mol. The molecule has 11 heteroatoms. The Balaban J connectivity index is 2.23. The number of nitrogens with two attached hydrogens (primary N) is 1. The van der Waals surface area contributed by atoms with Gasteiger partial charge < -0.3 is 14.8 Å². The summed E-state index contributed by atoms with van der Waals surface area (Å²) in [5.74, 6) is 0.695. The van der Waals surface area contributed by atoms with E-state index in [1.807, 2.05) is 6.92 Å². The third kappa shape index (κ3) is 5.63. The largest absolute Gasteiger partial charge is 0.494 e. The highest BCUT2D eigenvalue weighted by Crippen LogP contribution is 2.29. The number of hydrogen-bond acceptors (Lipinski definition) is 7. The van der Waals surface area contributed by atoms with Crippen LogP contribution in [0.5, 0.6) is 5.75 Å². The SMILES string of the molecule is CCOc1ccc(NC(=O)N(CCOC)c2nc(C)c(S(N)(=O)=O)s2)cc1. The van der Waals surface area contributed by atoms with E-state index in [0.29, 0.717) is 18.0 Å². The Morgan fingerprint density at radius 1 is 1.33 bits per heavy atom. The molecule has 1 aromatic heterocycles. The molecular weight excluding hydrogens is 392 g/mol. The molecule has 2 amide bonds. The van der Waals surface area contributed by atoms with E-state index in [1.165, 1.54) is 18.9 Å². The molecular formula is C16H22N4O5S2. The molecule has 0 saturated heterocycles. The third-order valence-electron chi connectivity index (χ3n) is 3.41. The number of urea groups is 1. The Morgan fingerprint density at radius 2 is 2.00 bits per heavy atom. The summed E-state index contributed by atoms with van der Waals surface area (Å²) in [7, 11) is -2.40. The highest BCUT2D eigenvalue weighted by molar-refractivity contribution is 7.91. The zero-order valence-electron chi connectivity index (χ0n) is 15.3. The summed E-state index contributed by atoms with van der Waals surface area (Å²) in [5, 5.41) is 8.16. The van der Waals surface area contributed by atoms with E-state index < -0.39 is 16.1 Å². The van der Waals surface area contributed by atoms with Gasteiger partial charge >= 0.3 is 6.03 Å². The minimum atomic E-state index is -3.91. The molecule has 9 nitrogen and oxygen atoms in total. The van der Waals surface area contributed by atoms with Crippen LogP contribution in [-0.2, 0) is 14.8 Å². The van der Waals surface area contributed by atoms with Crippen molar-refractivity contribution in [3.8, 4) is 5.75 Å². The highest BCUT2D eigenvalue weighted by Gasteiger charge is 2.24. The summed E-state index contributed by atoms with van der Waals surface area (Å²) in [6.07, 6.45) is 0. The Kier molecular flexibility index (Phi) is 7.13. The van der Waals surface area contributed by atoms with Crippen LogP contribution in [0.3, 0.4) is 0 Å². The first kappa shape index (κ1) is 21.1. The molecule has 2 rings (SSSR count). The van der Waals surface area contributed by atoms with E-state index in [1.54, 1.807) is 24.3 Å².